The van der Waals surface area contributed by atoms with Gasteiger partial charge in [-0.3, -0.25) is 0 Å². The topological polar surface area (TPSA) is 32.3 Å². The molecule has 1 aliphatic rings. The Balaban J connectivity index is 1.97. The predicted octanol–water partition coefficient (Wildman–Crippen LogP) is 3.62. The molecule has 1 aromatic rings. The van der Waals surface area contributed by atoms with Gasteiger partial charge in [-0.2, -0.15) is 0 Å². The molecule has 0 radical (unpaired) electrons. The average Bonchev–Trinajstić information content (AvgIpc) is 2.42. The molecule has 2 rings (SSSR count). The van der Waals surface area contributed by atoms with Crippen molar-refractivity contribution in [1.82, 2.24) is 5.32 Å². The van der Waals surface area contributed by atoms with Crippen LogP contribution in [-0.2, 0) is 6.54 Å². The van der Waals surface area contributed by atoms with E-state index < -0.39 is 0 Å². The zero-order valence-electron chi connectivity index (χ0n) is 11.3. The lowest BCUT2D eigenvalue weighted by Gasteiger charge is -2.39. The van der Waals surface area contributed by atoms with E-state index in [1.54, 1.807) is 12.1 Å². The Morgan fingerprint density at radius 1 is 1.42 bits per heavy atom. The van der Waals surface area contributed by atoms with Crippen LogP contribution in [0.15, 0.2) is 22.7 Å². The minimum atomic E-state index is -0.243. The van der Waals surface area contributed by atoms with Crippen LogP contribution in [0.2, 0.25) is 0 Å². The maximum absolute atomic E-state index is 13.2. The summed E-state index contributed by atoms with van der Waals surface area (Å²) in [6.45, 7) is 3.09. The van der Waals surface area contributed by atoms with Crippen LogP contribution < -0.4 is 5.32 Å². The second kappa shape index (κ2) is 6.33. The molecule has 0 bridgehead atoms. The molecule has 1 aromatic carbocycles. The summed E-state index contributed by atoms with van der Waals surface area (Å²) >= 11 is 3.20. The maximum Gasteiger partial charge on any atom is 0.137 e. The first-order valence-electron chi connectivity index (χ1n) is 6.84. The normalized spacial score (nSPS) is 27.5. The summed E-state index contributed by atoms with van der Waals surface area (Å²) in [6, 6.07) is 5.04. The van der Waals surface area contributed by atoms with Gasteiger partial charge in [0.1, 0.15) is 5.82 Å². The van der Waals surface area contributed by atoms with Crippen LogP contribution in [0.1, 0.15) is 38.2 Å². The van der Waals surface area contributed by atoms with Gasteiger partial charge in [-0.25, -0.2) is 4.39 Å². The fourth-order valence-corrected chi connectivity index (χ4v) is 3.07. The molecular weight excluding hydrogens is 309 g/mol. The lowest BCUT2D eigenvalue weighted by Crippen LogP contribution is -2.50. The fraction of sp³-hybridized carbons (Fsp3) is 0.600. The molecule has 19 heavy (non-hydrogen) atoms. The Hall–Kier alpha value is -0.450. The summed E-state index contributed by atoms with van der Waals surface area (Å²) in [5.41, 5.74) is 0.868. The van der Waals surface area contributed by atoms with Gasteiger partial charge in [-0.1, -0.05) is 13.0 Å². The van der Waals surface area contributed by atoms with Gasteiger partial charge >= 0.3 is 0 Å². The summed E-state index contributed by atoms with van der Waals surface area (Å²) in [7, 11) is 0. The molecular formula is C15H21BrFNO. The SMILES string of the molecule is CC1CCC(CO)(NCc2ccc(F)c(Br)c2)CC1. The Morgan fingerprint density at radius 2 is 2.11 bits per heavy atom. The van der Waals surface area contributed by atoms with Crippen molar-refractivity contribution in [2.45, 2.75) is 44.7 Å². The van der Waals surface area contributed by atoms with Crippen molar-refractivity contribution in [1.29, 1.82) is 0 Å². The van der Waals surface area contributed by atoms with Crippen LogP contribution in [0.3, 0.4) is 0 Å². The highest BCUT2D eigenvalue weighted by Gasteiger charge is 2.32. The van der Waals surface area contributed by atoms with Crippen molar-refractivity contribution in [2.24, 2.45) is 5.92 Å². The number of benzene rings is 1. The molecule has 0 atom stereocenters. The minimum absolute atomic E-state index is 0.159. The van der Waals surface area contributed by atoms with E-state index in [0.29, 0.717) is 11.0 Å². The number of nitrogens with one attached hydrogen (secondary N) is 1. The quantitative estimate of drug-likeness (QED) is 0.884. The molecule has 2 nitrogen and oxygen atoms in total. The van der Waals surface area contributed by atoms with Crippen molar-refractivity contribution in [3.63, 3.8) is 0 Å². The van der Waals surface area contributed by atoms with Gasteiger partial charge < -0.3 is 10.4 Å². The van der Waals surface area contributed by atoms with Crippen molar-refractivity contribution in [2.75, 3.05) is 6.61 Å². The van der Waals surface area contributed by atoms with E-state index in [-0.39, 0.29) is 18.0 Å². The van der Waals surface area contributed by atoms with Gasteiger partial charge in [0.25, 0.3) is 0 Å². The van der Waals surface area contributed by atoms with Crippen LogP contribution >= 0.6 is 15.9 Å². The van der Waals surface area contributed by atoms with Gasteiger partial charge in [-0.15, -0.1) is 0 Å². The average molecular weight is 330 g/mol. The highest BCUT2D eigenvalue weighted by atomic mass is 79.9. The number of hydrogen-bond donors (Lipinski definition) is 2. The number of halogens is 2. The molecule has 1 fully saturated rings. The van der Waals surface area contributed by atoms with Gasteiger partial charge in [0.2, 0.25) is 0 Å². The Morgan fingerprint density at radius 3 is 2.68 bits per heavy atom. The molecule has 0 amide bonds. The molecule has 0 spiro atoms. The molecule has 0 unspecified atom stereocenters. The van der Waals surface area contributed by atoms with Gasteiger partial charge in [0.15, 0.2) is 0 Å². The summed E-state index contributed by atoms with van der Waals surface area (Å²) < 4.78 is 13.7. The number of rotatable bonds is 4. The predicted molar refractivity (Wildman–Crippen MR) is 78.4 cm³/mol. The molecule has 4 heteroatoms. The van der Waals surface area contributed by atoms with Gasteiger partial charge in [0.05, 0.1) is 11.1 Å². The minimum Gasteiger partial charge on any atom is -0.394 e. The monoisotopic (exact) mass is 329 g/mol. The van der Waals surface area contributed by atoms with E-state index in [0.717, 1.165) is 37.2 Å². The molecule has 1 aliphatic carbocycles. The third kappa shape index (κ3) is 3.77. The maximum atomic E-state index is 13.2. The Labute approximate surface area is 122 Å². The summed E-state index contributed by atoms with van der Waals surface area (Å²) in [5, 5.41) is 13.1. The van der Waals surface area contributed by atoms with E-state index in [1.165, 1.54) is 6.07 Å². The zero-order chi connectivity index (χ0) is 13.9. The fourth-order valence-electron chi connectivity index (χ4n) is 2.64. The number of aliphatic hydroxyl groups is 1. The Kier molecular flexibility index (Phi) is 4.98. The van der Waals surface area contributed by atoms with Crippen molar-refractivity contribution in [3.05, 3.63) is 34.1 Å². The second-order valence-electron chi connectivity index (χ2n) is 5.72. The van der Waals surface area contributed by atoms with Crippen LogP contribution in [0.4, 0.5) is 4.39 Å². The number of hydrogen-bond acceptors (Lipinski definition) is 2. The second-order valence-corrected chi connectivity index (χ2v) is 6.58. The first-order chi connectivity index (χ1) is 9.04. The van der Waals surface area contributed by atoms with Crippen LogP contribution in [0.5, 0.6) is 0 Å². The van der Waals surface area contributed by atoms with E-state index in [4.69, 9.17) is 0 Å². The van der Waals surface area contributed by atoms with Crippen molar-refractivity contribution < 1.29 is 9.50 Å². The number of aliphatic hydroxyl groups excluding tert-OH is 1. The van der Waals surface area contributed by atoms with E-state index in [1.807, 2.05) is 0 Å². The largest absolute Gasteiger partial charge is 0.394 e. The zero-order valence-corrected chi connectivity index (χ0v) is 12.8. The highest BCUT2D eigenvalue weighted by Crippen LogP contribution is 2.32. The summed E-state index contributed by atoms with van der Waals surface area (Å²) in [6.07, 6.45) is 4.32. The molecule has 0 saturated heterocycles. The molecule has 0 heterocycles. The molecule has 106 valence electrons. The third-order valence-corrected chi connectivity index (χ3v) is 4.79. The molecule has 1 saturated carbocycles. The van der Waals surface area contributed by atoms with Crippen LogP contribution in [-0.4, -0.2) is 17.3 Å². The first-order valence-corrected chi connectivity index (χ1v) is 7.64. The molecule has 2 N–H and O–H groups in total. The summed E-state index contributed by atoms with van der Waals surface area (Å²) in [4.78, 5) is 0. The van der Waals surface area contributed by atoms with E-state index in [9.17, 15) is 9.50 Å². The first kappa shape index (κ1) is 14.9. The van der Waals surface area contributed by atoms with Crippen molar-refractivity contribution >= 4 is 15.9 Å². The molecule has 0 aromatic heterocycles. The Bertz CT molecular complexity index is 430. The van der Waals surface area contributed by atoms with Gasteiger partial charge in [0, 0.05) is 12.1 Å². The lowest BCUT2D eigenvalue weighted by atomic mass is 9.77. The van der Waals surface area contributed by atoms with Crippen LogP contribution in [0.25, 0.3) is 0 Å². The third-order valence-electron chi connectivity index (χ3n) is 4.19. The van der Waals surface area contributed by atoms with Crippen molar-refractivity contribution in [3.8, 4) is 0 Å². The van der Waals surface area contributed by atoms with E-state index >= 15 is 0 Å². The van der Waals surface area contributed by atoms with Gasteiger partial charge in [-0.05, 0) is 65.2 Å². The standard InChI is InChI=1S/C15H21BrFNO/c1-11-4-6-15(10-19,7-5-11)18-9-12-2-3-14(17)13(16)8-12/h2-3,8,11,18-19H,4-7,9-10H2,1H3. The highest BCUT2D eigenvalue weighted by molar-refractivity contribution is 9.10. The molecule has 0 aliphatic heterocycles. The van der Waals surface area contributed by atoms with E-state index in [2.05, 4.69) is 28.2 Å². The lowest BCUT2D eigenvalue weighted by molar-refractivity contribution is 0.104. The summed E-state index contributed by atoms with van der Waals surface area (Å²) in [5.74, 6) is 0.508. The smallest absolute Gasteiger partial charge is 0.137 e. The van der Waals surface area contributed by atoms with Crippen LogP contribution in [0, 0.1) is 11.7 Å².